The zero-order valence-electron chi connectivity index (χ0n) is 12.1. The number of hydrogen-bond donors (Lipinski definition) is 2. The standard InChI is InChI=1S/C16H18N2O4/c19-14(17-16(15(20)21)8-4-5-9-16)12-10-13(22-18-12)11-6-2-1-3-7-11/h1-3,6-7,13H,4-5,8-10H2,(H,17,19)(H,20,21)/t13-/m0/s1. The minimum Gasteiger partial charge on any atom is -0.480 e. The second kappa shape index (κ2) is 5.79. The molecule has 1 atom stereocenters. The van der Waals surface area contributed by atoms with E-state index in [1.54, 1.807) is 0 Å². The van der Waals surface area contributed by atoms with Crippen molar-refractivity contribution < 1.29 is 19.5 Å². The molecule has 0 saturated heterocycles. The number of oxime groups is 1. The van der Waals surface area contributed by atoms with Gasteiger partial charge in [-0.1, -0.05) is 48.3 Å². The summed E-state index contributed by atoms with van der Waals surface area (Å²) < 4.78 is 0. The van der Waals surface area contributed by atoms with Crippen molar-refractivity contribution >= 4 is 17.6 Å². The molecular weight excluding hydrogens is 284 g/mol. The number of amides is 1. The summed E-state index contributed by atoms with van der Waals surface area (Å²) in [6, 6.07) is 9.53. The molecule has 1 amide bonds. The van der Waals surface area contributed by atoms with Gasteiger partial charge < -0.3 is 15.3 Å². The van der Waals surface area contributed by atoms with Gasteiger partial charge in [0, 0.05) is 6.42 Å². The summed E-state index contributed by atoms with van der Waals surface area (Å²) in [4.78, 5) is 29.1. The quantitative estimate of drug-likeness (QED) is 0.890. The molecule has 1 aromatic carbocycles. The number of carboxylic acids is 1. The molecule has 1 aromatic rings. The normalized spacial score (nSPS) is 22.7. The third kappa shape index (κ3) is 2.68. The van der Waals surface area contributed by atoms with Gasteiger partial charge in [0.1, 0.15) is 11.3 Å². The third-order valence-electron chi connectivity index (χ3n) is 4.32. The van der Waals surface area contributed by atoms with E-state index in [-0.39, 0.29) is 11.8 Å². The molecule has 1 aliphatic heterocycles. The summed E-state index contributed by atoms with van der Waals surface area (Å²) in [5.41, 5.74) is 0.0500. The van der Waals surface area contributed by atoms with Gasteiger partial charge in [0.2, 0.25) is 0 Å². The van der Waals surface area contributed by atoms with Crippen molar-refractivity contribution in [3.05, 3.63) is 35.9 Å². The highest BCUT2D eigenvalue weighted by Crippen LogP contribution is 2.31. The average molecular weight is 302 g/mol. The van der Waals surface area contributed by atoms with Gasteiger partial charge in [-0.3, -0.25) is 4.79 Å². The van der Waals surface area contributed by atoms with Gasteiger partial charge in [0.15, 0.2) is 6.10 Å². The first-order valence-corrected chi connectivity index (χ1v) is 7.44. The lowest BCUT2D eigenvalue weighted by Crippen LogP contribution is -2.54. The maximum atomic E-state index is 12.3. The maximum absolute atomic E-state index is 12.3. The van der Waals surface area contributed by atoms with Crippen molar-refractivity contribution in [3.63, 3.8) is 0 Å². The van der Waals surface area contributed by atoms with Crippen LogP contribution in [-0.4, -0.2) is 28.2 Å². The van der Waals surface area contributed by atoms with E-state index in [1.807, 2.05) is 30.3 Å². The number of rotatable bonds is 4. The fourth-order valence-electron chi connectivity index (χ4n) is 3.02. The van der Waals surface area contributed by atoms with Crippen molar-refractivity contribution in [1.29, 1.82) is 0 Å². The second-order valence-electron chi connectivity index (χ2n) is 5.80. The van der Waals surface area contributed by atoms with Gasteiger partial charge in [-0.15, -0.1) is 0 Å². The van der Waals surface area contributed by atoms with E-state index in [2.05, 4.69) is 10.5 Å². The van der Waals surface area contributed by atoms with Gasteiger partial charge in [0.25, 0.3) is 5.91 Å². The minimum atomic E-state index is -1.15. The molecule has 1 aliphatic carbocycles. The average Bonchev–Trinajstić information content (AvgIpc) is 3.18. The largest absolute Gasteiger partial charge is 0.480 e. The smallest absolute Gasteiger partial charge is 0.329 e. The van der Waals surface area contributed by atoms with Crippen molar-refractivity contribution in [3.8, 4) is 0 Å². The van der Waals surface area contributed by atoms with E-state index < -0.39 is 17.4 Å². The van der Waals surface area contributed by atoms with Crippen LogP contribution in [0.1, 0.15) is 43.8 Å². The number of nitrogens with one attached hydrogen (secondary N) is 1. The Morgan fingerprint density at radius 1 is 1.23 bits per heavy atom. The van der Waals surface area contributed by atoms with Crippen molar-refractivity contribution in [2.45, 2.75) is 43.7 Å². The molecule has 1 fully saturated rings. The van der Waals surface area contributed by atoms with Crippen molar-refractivity contribution in [2.75, 3.05) is 0 Å². The first-order chi connectivity index (χ1) is 10.6. The Balaban J connectivity index is 1.65. The number of carbonyl (C=O) groups excluding carboxylic acids is 1. The zero-order valence-corrected chi connectivity index (χ0v) is 12.1. The molecule has 1 saturated carbocycles. The highest BCUT2D eigenvalue weighted by molar-refractivity contribution is 6.39. The first-order valence-electron chi connectivity index (χ1n) is 7.44. The Bertz CT molecular complexity index is 606. The highest BCUT2D eigenvalue weighted by Gasteiger charge is 2.44. The van der Waals surface area contributed by atoms with E-state index in [0.29, 0.717) is 19.3 Å². The fraction of sp³-hybridized carbons (Fsp3) is 0.438. The second-order valence-corrected chi connectivity index (χ2v) is 5.80. The van der Waals surface area contributed by atoms with Crippen molar-refractivity contribution in [1.82, 2.24) is 5.32 Å². The monoisotopic (exact) mass is 302 g/mol. The SMILES string of the molecule is O=C(NC1(C(=O)O)CCCC1)C1=NO[C@H](c2ccccc2)C1. The molecule has 3 rings (SSSR count). The Hall–Kier alpha value is -2.37. The first kappa shape index (κ1) is 14.6. The van der Waals surface area contributed by atoms with E-state index in [9.17, 15) is 14.7 Å². The predicted octanol–water partition coefficient (Wildman–Crippen LogP) is 2.02. The molecule has 0 unspecified atom stereocenters. The molecule has 1 heterocycles. The lowest BCUT2D eigenvalue weighted by atomic mass is 9.97. The van der Waals surface area contributed by atoms with Crippen LogP contribution in [0.2, 0.25) is 0 Å². The predicted molar refractivity (Wildman–Crippen MR) is 79.3 cm³/mol. The molecule has 0 radical (unpaired) electrons. The van der Waals surface area contributed by atoms with Gasteiger partial charge >= 0.3 is 5.97 Å². The van der Waals surface area contributed by atoms with Crippen molar-refractivity contribution in [2.24, 2.45) is 5.16 Å². The molecule has 2 N–H and O–H groups in total. The summed E-state index contributed by atoms with van der Waals surface area (Å²) in [5, 5.41) is 15.9. The number of carbonyl (C=O) groups is 2. The number of nitrogens with zero attached hydrogens (tertiary/aromatic N) is 1. The number of carboxylic acid groups (broad SMARTS) is 1. The molecule has 2 aliphatic rings. The van der Waals surface area contributed by atoms with Gasteiger partial charge in [0.05, 0.1) is 0 Å². The Kier molecular flexibility index (Phi) is 3.83. The van der Waals surface area contributed by atoms with Crippen LogP contribution in [0.25, 0.3) is 0 Å². The minimum absolute atomic E-state index is 0.251. The van der Waals surface area contributed by atoms with E-state index >= 15 is 0 Å². The summed E-state index contributed by atoms with van der Waals surface area (Å²) >= 11 is 0. The zero-order chi connectivity index (χ0) is 15.6. The summed E-state index contributed by atoms with van der Waals surface area (Å²) in [7, 11) is 0. The van der Waals surface area contributed by atoms with Crippen LogP contribution in [0.3, 0.4) is 0 Å². The van der Waals surface area contributed by atoms with Crippen LogP contribution in [0.4, 0.5) is 0 Å². The van der Waals surface area contributed by atoms with Crippen LogP contribution in [0, 0.1) is 0 Å². The van der Waals surface area contributed by atoms with E-state index in [4.69, 9.17) is 4.84 Å². The molecule has 0 aromatic heterocycles. The molecule has 6 nitrogen and oxygen atoms in total. The number of aliphatic carboxylic acids is 1. The lowest BCUT2D eigenvalue weighted by Gasteiger charge is -2.24. The number of benzene rings is 1. The lowest BCUT2D eigenvalue weighted by molar-refractivity contribution is -0.146. The van der Waals surface area contributed by atoms with Crippen LogP contribution < -0.4 is 5.32 Å². The fourth-order valence-corrected chi connectivity index (χ4v) is 3.02. The van der Waals surface area contributed by atoms with Crippen LogP contribution in [0.5, 0.6) is 0 Å². The summed E-state index contributed by atoms with van der Waals surface area (Å²) in [6.07, 6.45) is 2.61. The third-order valence-corrected chi connectivity index (χ3v) is 4.32. The highest BCUT2D eigenvalue weighted by atomic mass is 16.6. The molecule has 0 bridgehead atoms. The Labute approximate surface area is 128 Å². The van der Waals surface area contributed by atoms with Gasteiger partial charge in [-0.25, -0.2) is 4.79 Å². The van der Waals surface area contributed by atoms with Gasteiger partial charge in [-0.05, 0) is 18.4 Å². The Morgan fingerprint density at radius 2 is 1.91 bits per heavy atom. The van der Waals surface area contributed by atoms with E-state index in [0.717, 1.165) is 18.4 Å². The number of hydrogen-bond acceptors (Lipinski definition) is 4. The molecule has 116 valence electrons. The molecule has 6 heteroatoms. The van der Waals surface area contributed by atoms with Gasteiger partial charge in [-0.2, -0.15) is 0 Å². The summed E-state index contributed by atoms with van der Waals surface area (Å²) in [5.74, 6) is -1.42. The van der Waals surface area contributed by atoms with Crippen LogP contribution >= 0.6 is 0 Å². The van der Waals surface area contributed by atoms with Crippen LogP contribution in [-0.2, 0) is 14.4 Å². The summed E-state index contributed by atoms with van der Waals surface area (Å²) in [6.45, 7) is 0. The van der Waals surface area contributed by atoms with E-state index in [1.165, 1.54) is 0 Å². The maximum Gasteiger partial charge on any atom is 0.329 e. The molecule has 22 heavy (non-hydrogen) atoms. The Morgan fingerprint density at radius 3 is 2.55 bits per heavy atom. The topological polar surface area (TPSA) is 88.0 Å². The van der Waals surface area contributed by atoms with Crippen LogP contribution in [0.15, 0.2) is 35.5 Å². The molecular formula is C16H18N2O4. The molecule has 0 spiro atoms.